The Morgan fingerprint density at radius 1 is 1.33 bits per heavy atom. The maximum absolute atomic E-state index is 12.0. The van der Waals surface area contributed by atoms with Crippen molar-refractivity contribution in [3.05, 3.63) is 41.0 Å². The van der Waals surface area contributed by atoms with E-state index in [4.69, 9.17) is 5.84 Å². The van der Waals surface area contributed by atoms with Crippen LogP contribution < -0.4 is 17.0 Å². The lowest BCUT2D eigenvalue weighted by atomic mass is 10.4. The monoisotopic (exact) mass is 248 g/mol. The van der Waals surface area contributed by atoms with Crippen LogP contribution in [-0.4, -0.2) is 19.1 Å². The second-order valence-electron chi connectivity index (χ2n) is 4.25. The first kappa shape index (κ1) is 12.3. The summed E-state index contributed by atoms with van der Waals surface area (Å²) in [6, 6.07) is 0.147. The van der Waals surface area contributed by atoms with Gasteiger partial charge in [0.2, 0.25) is 0 Å². The van der Waals surface area contributed by atoms with E-state index >= 15 is 0 Å². The van der Waals surface area contributed by atoms with Crippen molar-refractivity contribution in [2.75, 3.05) is 5.43 Å². The zero-order valence-corrected chi connectivity index (χ0v) is 10.4. The van der Waals surface area contributed by atoms with Crippen molar-refractivity contribution in [3.63, 3.8) is 0 Å². The van der Waals surface area contributed by atoms with Gasteiger partial charge >= 0.3 is 5.69 Å². The Kier molecular flexibility index (Phi) is 3.42. The first-order chi connectivity index (χ1) is 8.61. The number of hydrogen-bond donors (Lipinski definition) is 2. The number of imidazole rings is 1. The normalized spacial score (nSPS) is 10.9. The van der Waals surface area contributed by atoms with E-state index < -0.39 is 0 Å². The molecule has 0 atom stereocenters. The molecule has 3 N–H and O–H groups in total. The van der Waals surface area contributed by atoms with E-state index in [1.54, 1.807) is 27.7 Å². The van der Waals surface area contributed by atoms with Crippen LogP contribution in [0.15, 0.2) is 29.6 Å². The molecule has 7 nitrogen and oxygen atoms in total. The average Bonchev–Trinajstić information content (AvgIpc) is 2.72. The van der Waals surface area contributed by atoms with Gasteiger partial charge in [-0.05, 0) is 13.8 Å². The van der Waals surface area contributed by atoms with Crippen molar-refractivity contribution in [2.24, 2.45) is 5.84 Å². The predicted molar refractivity (Wildman–Crippen MR) is 68.0 cm³/mol. The fraction of sp³-hybridized carbons (Fsp3) is 0.364. The zero-order valence-electron chi connectivity index (χ0n) is 10.4. The second kappa shape index (κ2) is 5.01. The summed E-state index contributed by atoms with van der Waals surface area (Å²) in [6.45, 7) is 4.33. The van der Waals surface area contributed by atoms with Crippen molar-refractivity contribution in [1.82, 2.24) is 19.1 Å². The molecule has 0 amide bonds. The van der Waals surface area contributed by atoms with Gasteiger partial charge in [0.1, 0.15) is 0 Å². The van der Waals surface area contributed by atoms with Crippen LogP contribution in [0.3, 0.4) is 0 Å². The molecule has 0 aromatic carbocycles. The molecular formula is C11H16N6O. The molecule has 0 spiro atoms. The van der Waals surface area contributed by atoms with Gasteiger partial charge in [-0.2, -0.15) is 0 Å². The van der Waals surface area contributed by atoms with Gasteiger partial charge in [0, 0.05) is 18.4 Å². The molecule has 0 aliphatic heterocycles. The molecule has 0 aliphatic carbocycles. The molecule has 0 unspecified atom stereocenters. The standard InChI is InChI=1S/C11H16N6O/c1-8(2)17-4-3-16(11(17)18)7-9-5-14-10(15-12)6-13-9/h3-6,8H,7,12H2,1-2H3,(H,14,15). The highest BCUT2D eigenvalue weighted by molar-refractivity contribution is 5.28. The lowest BCUT2D eigenvalue weighted by Crippen LogP contribution is -2.25. The third-order valence-corrected chi connectivity index (χ3v) is 2.62. The largest absolute Gasteiger partial charge is 0.328 e. The number of hydrogen-bond acceptors (Lipinski definition) is 5. The summed E-state index contributed by atoms with van der Waals surface area (Å²) in [5.41, 5.74) is 3.06. The molecule has 96 valence electrons. The van der Waals surface area contributed by atoms with Crippen molar-refractivity contribution >= 4 is 5.82 Å². The molecule has 2 aromatic heterocycles. The molecule has 0 saturated heterocycles. The quantitative estimate of drug-likeness (QED) is 0.602. The fourth-order valence-electron chi connectivity index (χ4n) is 1.63. The van der Waals surface area contributed by atoms with E-state index in [9.17, 15) is 4.79 Å². The molecule has 18 heavy (non-hydrogen) atoms. The number of nitrogen functional groups attached to an aromatic ring is 1. The van der Waals surface area contributed by atoms with Crippen LogP contribution in [0.1, 0.15) is 25.6 Å². The minimum Gasteiger partial charge on any atom is -0.307 e. The van der Waals surface area contributed by atoms with E-state index in [-0.39, 0.29) is 11.7 Å². The molecular weight excluding hydrogens is 232 g/mol. The van der Waals surface area contributed by atoms with Gasteiger partial charge in [-0.3, -0.25) is 14.1 Å². The first-order valence-electron chi connectivity index (χ1n) is 5.66. The Balaban J connectivity index is 2.21. The van der Waals surface area contributed by atoms with Crippen LogP contribution >= 0.6 is 0 Å². The maximum atomic E-state index is 12.0. The Bertz CT molecular complexity index is 568. The Labute approximate surface area is 104 Å². The average molecular weight is 248 g/mol. The SMILES string of the molecule is CC(C)n1ccn(Cc2cnc(NN)cn2)c1=O. The molecule has 2 aromatic rings. The van der Waals surface area contributed by atoms with E-state index in [0.29, 0.717) is 18.1 Å². The van der Waals surface area contributed by atoms with Gasteiger partial charge in [-0.1, -0.05) is 0 Å². The summed E-state index contributed by atoms with van der Waals surface area (Å²) in [4.78, 5) is 20.2. The summed E-state index contributed by atoms with van der Waals surface area (Å²) < 4.78 is 3.27. The van der Waals surface area contributed by atoms with Crippen LogP contribution in [-0.2, 0) is 6.54 Å². The molecule has 0 aliphatic rings. The first-order valence-corrected chi connectivity index (χ1v) is 5.66. The molecule has 0 saturated carbocycles. The van der Waals surface area contributed by atoms with Crippen LogP contribution in [0.5, 0.6) is 0 Å². The molecule has 0 fully saturated rings. The smallest absolute Gasteiger partial charge is 0.307 e. The lowest BCUT2D eigenvalue weighted by molar-refractivity contribution is 0.559. The summed E-state index contributed by atoms with van der Waals surface area (Å²) in [6.07, 6.45) is 6.64. The second-order valence-corrected chi connectivity index (χ2v) is 4.25. The van der Waals surface area contributed by atoms with Crippen LogP contribution in [0, 0.1) is 0 Å². The van der Waals surface area contributed by atoms with Crippen molar-refractivity contribution in [1.29, 1.82) is 0 Å². The topological polar surface area (TPSA) is 90.8 Å². The van der Waals surface area contributed by atoms with Crippen LogP contribution in [0.25, 0.3) is 0 Å². The predicted octanol–water partition coefficient (Wildman–Crippen LogP) is 0.355. The summed E-state index contributed by atoms with van der Waals surface area (Å²) in [7, 11) is 0. The third-order valence-electron chi connectivity index (χ3n) is 2.62. The van der Waals surface area contributed by atoms with E-state index in [2.05, 4.69) is 15.4 Å². The van der Waals surface area contributed by atoms with Gasteiger partial charge in [0.25, 0.3) is 0 Å². The highest BCUT2D eigenvalue weighted by Gasteiger charge is 2.07. The van der Waals surface area contributed by atoms with Crippen LogP contribution in [0.2, 0.25) is 0 Å². The molecule has 0 radical (unpaired) electrons. The van der Waals surface area contributed by atoms with Gasteiger partial charge in [0.05, 0.1) is 24.6 Å². The minimum atomic E-state index is -0.0483. The molecule has 7 heteroatoms. The summed E-state index contributed by atoms with van der Waals surface area (Å²) in [5.74, 6) is 5.69. The van der Waals surface area contributed by atoms with E-state index in [1.807, 2.05) is 13.8 Å². The van der Waals surface area contributed by atoms with Gasteiger partial charge < -0.3 is 5.43 Å². The summed E-state index contributed by atoms with van der Waals surface area (Å²) >= 11 is 0. The summed E-state index contributed by atoms with van der Waals surface area (Å²) in [5, 5.41) is 0. The Morgan fingerprint density at radius 3 is 2.61 bits per heavy atom. The number of rotatable bonds is 4. The van der Waals surface area contributed by atoms with Crippen molar-refractivity contribution in [3.8, 4) is 0 Å². The molecule has 0 bridgehead atoms. The Hall–Kier alpha value is -2.15. The fourth-order valence-corrected chi connectivity index (χ4v) is 1.63. The number of hydrazine groups is 1. The van der Waals surface area contributed by atoms with Gasteiger partial charge in [-0.15, -0.1) is 0 Å². The zero-order chi connectivity index (χ0) is 13.1. The van der Waals surface area contributed by atoms with Gasteiger partial charge in [-0.25, -0.2) is 15.6 Å². The van der Waals surface area contributed by atoms with E-state index in [1.165, 1.54) is 6.20 Å². The van der Waals surface area contributed by atoms with E-state index in [0.717, 1.165) is 0 Å². The highest BCUT2D eigenvalue weighted by atomic mass is 16.1. The third kappa shape index (κ3) is 2.40. The van der Waals surface area contributed by atoms with Crippen molar-refractivity contribution in [2.45, 2.75) is 26.4 Å². The van der Waals surface area contributed by atoms with Crippen molar-refractivity contribution < 1.29 is 0 Å². The number of nitrogens with one attached hydrogen (secondary N) is 1. The highest BCUT2D eigenvalue weighted by Crippen LogP contribution is 2.03. The number of nitrogens with zero attached hydrogens (tertiary/aromatic N) is 4. The molecule has 2 heterocycles. The Morgan fingerprint density at radius 2 is 2.11 bits per heavy atom. The van der Waals surface area contributed by atoms with Gasteiger partial charge in [0.15, 0.2) is 5.82 Å². The number of nitrogens with two attached hydrogens (primary N) is 1. The maximum Gasteiger partial charge on any atom is 0.328 e. The number of aromatic nitrogens is 4. The number of anilines is 1. The lowest BCUT2D eigenvalue weighted by Gasteiger charge is -2.05. The van der Waals surface area contributed by atoms with Crippen LogP contribution in [0.4, 0.5) is 5.82 Å². The molecule has 2 rings (SSSR count). The minimum absolute atomic E-state index is 0.0483.